The van der Waals surface area contributed by atoms with Crippen LogP contribution < -0.4 is 16.0 Å². The van der Waals surface area contributed by atoms with Crippen molar-refractivity contribution >= 4 is 46.7 Å². The predicted octanol–water partition coefficient (Wildman–Crippen LogP) is 4.02. The van der Waals surface area contributed by atoms with E-state index in [1.54, 1.807) is 18.3 Å². The van der Waals surface area contributed by atoms with E-state index in [0.29, 0.717) is 35.7 Å². The first kappa shape index (κ1) is 39.4. The average molecular weight is 765 g/mol. The van der Waals surface area contributed by atoms with Crippen LogP contribution in [0.5, 0.6) is 0 Å². The molecular weight excluding hydrogens is 712 g/mol. The van der Waals surface area contributed by atoms with Crippen LogP contribution >= 0.6 is 11.6 Å². The minimum atomic E-state index is -1.07. The van der Waals surface area contributed by atoms with Gasteiger partial charge in [0, 0.05) is 41.8 Å². The molecule has 1 aromatic heterocycles. The number of amides is 4. The summed E-state index contributed by atoms with van der Waals surface area (Å²) in [5.41, 5.74) is 0.266. The van der Waals surface area contributed by atoms with E-state index >= 15 is 0 Å². The minimum Gasteiger partial charge on any atom is -0.387 e. The number of rotatable bonds is 14. The van der Waals surface area contributed by atoms with E-state index in [0.717, 1.165) is 50.5 Å². The summed E-state index contributed by atoms with van der Waals surface area (Å²) in [5.74, 6) is -3.00. The number of carbonyl (C=O) groups is 5. The first-order valence-electron chi connectivity index (χ1n) is 19.4. The van der Waals surface area contributed by atoms with Gasteiger partial charge in [-0.2, -0.15) is 15.4 Å². The summed E-state index contributed by atoms with van der Waals surface area (Å²) in [6.45, 7) is 7.52. The number of ketones is 1. The molecule has 3 fully saturated rings. The highest BCUT2D eigenvalue weighted by molar-refractivity contribution is 6.38. The second-order valence-corrected chi connectivity index (χ2v) is 17.1. The van der Waals surface area contributed by atoms with Gasteiger partial charge in [0.05, 0.1) is 30.2 Å². The zero-order valence-electron chi connectivity index (χ0n) is 31.7. The summed E-state index contributed by atoms with van der Waals surface area (Å²) >= 11 is 6.29. The van der Waals surface area contributed by atoms with Gasteiger partial charge in [-0.15, -0.1) is 0 Å². The molecule has 5 atom stereocenters. The molecule has 1 saturated heterocycles. The number of hydrogen-bond acceptors (Lipinski definition) is 9. The summed E-state index contributed by atoms with van der Waals surface area (Å²) in [7, 11) is 0. The number of Topliss-reactive ketones (excluding diaryl/α,β-unsaturated/α-hetero) is 1. The van der Waals surface area contributed by atoms with E-state index < -0.39 is 58.6 Å². The number of oxime groups is 1. The Labute approximate surface area is 321 Å². The lowest BCUT2D eigenvalue weighted by Crippen LogP contribution is -2.60. The molecule has 2 aliphatic heterocycles. The first-order chi connectivity index (χ1) is 25.8. The fourth-order valence-corrected chi connectivity index (χ4v) is 8.23. The Kier molecular flexibility index (Phi) is 12.1. The number of carbonyl (C=O) groups excluding carboxylic acids is 5. The molecule has 14 nitrogen and oxygen atoms in total. The third-order valence-corrected chi connectivity index (χ3v) is 11.4. The molecule has 6 rings (SSSR count). The zero-order valence-corrected chi connectivity index (χ0v) is 32.4. The van der Waals surface area contributed by atoms with Crippen LogP contribution in [0.2, 0.25) is 5.02 Å². The third kappa shape index (κ3) is 9.30. The average Bonchev–Trinajstić information content (AvgIpc) is 3.49. The smallest absolute Gasteiger partial charge is 0.289 e. The molecule has 0 radical (unpaired) electrons. The van der Waals surface area contributed by atoms with E-state index in [1.807, 2.05) is 39.8 Å². The van der Waals surface area contributed by atoms with Gasteiger partial charge in [-0.25, -0.2) is 0 Å². The van der Waals surface area contributed by atoms with Crippen molar-refractivity contribution in [2.75, 3.05) is 6.54 Å². The second-order valence-electron chi connectivity index (χ2n) is 16.6. The van der Waals surface area contributed by atoms with Crippen LogP contribution in [-0.2, 0) is 35.2 Å². The number of hydrogen-bond donors (Lipinski definition) is 4. The van der Waals surface area contributed by atoms with Crippen LogP contribution in [0.1, 0.15) is 110 Å². The summed E-state index contributed by atoms with van der Waals surface area (Å²) in [4.78, 5) is 77.2. The predicted molar refractivity (Wildman–Crippen MR) is 201 cm³/mol. The molecule has 54 heavy (non-hydrogen) atoms. The van der Waals surface area contributed by atoms with Gasteiger partial charge in [-0.3, -0.25) is 24.0 Å². The quantitative estimate of drug-likeness (QED) is 0.208. The molecular formula is C39H53ClN8O6. The Balaban J connectivity index is 1.27. The van der Waals surface area contributed by atoms with Crippen molar-refractivity contribution in [3.63, 3.8) is 0 Å². The molecule has 2 saturated carbocycles. The minimum absolute atomic E-state index is 0.0134. The van der Waals surface area contributed by atoms with Crippen molar-refractivity contribution in [2.45, 2.75) is 135 Å². The van der Waals surface area contributed by atoms with Gasteiger partial charge in [-0.05, 0) is 55.6 Å². The SMILES string of the molecule is CCC[C@H](NC(=O)[C@@H]1C[C@]2(CC(c3cccc(Cl)c3)=NO2)CN1C(=O)[C@@H](NC(=O)C(Cc1cn[nH]n1)C1CCCCC1)C(C)(C)C)C(=O)C(=O)NC1CC1. The van der Waals surface area contributed by atoms with Crippen molar-refractivity contribution < 1.29 is 28.8 Å². The van der Waals surface area contributed by atoms with E-state index in [9.17, 15) is 24.0 Å². The highest BCUT2D eigenvalue weighted by Gasteiger charge is 2.56. The second kappa shape index (κ2) is 16.6. The summed E-state index contributed by atoms with van der Waals surface area (Å²) in [5, 5.41) is 24.4. The molecule has 2 aromatic rings. The molecule has 0 bridgehead atoms. The molecule has 4 aliphatic rings. The van der Waals surface area contributed by atoms with Gasteiger partial charge in [0.2, 0.25) is 23.5 Å². The van der Waals surface area contributed by atoms with Crippen molar-refractivity contribution in [3.8, 4) is 0 Å². The van der Waals surface area contributed by atoms with Crippen molar-refractivity contribution in [3.05, 3.63) is 46.7 Å². The first-order valence-corrected chi connectivity index (χ1v) is 19.8. The maximum Gasteiger partial charge on any atom is 0.289 e. The van der Waals surface area contributed by atoms with Gasteiger partial charge in [-0.1, -0.05) is 82.3 Å². The van der Waals surface area contributed by atoms with E-state index in [2.05, 4.69) is 36.5 Å². The van der Waals surface area contributed by atoms with Crippen LogP contribution in [0, 0.1) is 17.3 Å². The summed E-state index contributed by atoms with van der Waals surface area (Å²) < 4.78 is 0. The number of nitrogens with zero attached hydrogens (tertiary/aromatic N) is 4. The standard InChI is InChI=1S/C39H53ClN8O6/c1-5-10-29(32(49)36(52)42-26-15-16-26)43-35(51)31-20-39(19-30(46-54-39)24-13-9-14-25(40)17-24)22-48(31)37(53)33(38(2,3)4)44-34(50)28(18-27-21-41-47-45-27)23-11-7-6-8-12-23/h9,13-14,17,21,23,26,28-29,31,33H,5-8,10-12,15-16,18-20,22H2,1-4H3,(H,42,52)(H,43,51)(H,44,50)(H,41,45,47)/t28?,29-,31-,33+,39+/m0/s1. The molecule has 3 heterocycles. The van der Waals surface area contributed by atoms with Gasteiger partial charge >= 0.3 is 0 Å². The number of nitrogens with one attached hydrogen (secondary N) is 4. The molecule has 1 unspecified atom stereocenters. The van der Waals surface area contributed by atoms with Crippen LogP contribution in [-0.4, -0.2) is 91.7 Å². The monoisotopic (exact) mass is 764 g/mol. The lowest BCUT2D eigenvalue weighted by atomic mass is 9.77. The highest BCUT2D eigenvalue weighted by Crippen LogP contribution is 2.40. The van der Waals surface area contributed by atoms with E-state index in [-0.39, 0.29) is 37.3 Å². The van der Waals surface area contributed by atoms with Gasteiger partial charge < -0.3 is 25.7 Å². The van der Waals surface area contributed by atoms with Crippen LogP contribution in [0.25, 0.3) is 0 Å². The number of aromatic nitrogens is 3. The number of aromatic amines is 1. The topological polar surface area (TPSA) is 188 Å². The van der Waals surface area contributed by atoms with E-state index in [1.165, 1.54) is 4.90 Å². The lowest BCUT2D eigenvalue weighted by molar-refractivity contribution is -0.146. The normalized spacial score (nSPS) is 23.2. The summed E-state index contributed by atoms with van der Waals surface area (Å²) in [6, 6.07) is 4.06. The molecule has 1 spiro atoms. The molecule has 4 N–H and O–H groups in total. The Morgan fingerprint density at radius 3 is 2.48 bits per heavy atom. The fraction of sp³-hybridized carbons (Fsp3) is 0.641. The van der Waals surface area contributed by atoms with Crippen LogP contribution in [0.15, 0.2) is 35.6 Å². The molecule has 15 heteroatoms. The van der Waals surface area contributed by atoms with E-state index in [4.69, 9.17) is 16.4 Å². The Bertz CT molecular complexity index is 1730. The van der Waals surface area contributed by atoms with Crippen molar-refractivity contribution in [1.29, 1.82) is 0 Å². The number of halogens is 1. The van der Waals surface area contributed by atoms with Gasteiger partial charge in [0.15, 0.2) is 5.60 Å². The van der Waals surface area contributed by atoms with Crippen molar-refractivity contribution in [2.24, 2.45) is 22.4 Å². The number of likely N-dealkylation sites (tertiary alicyclic amines) is 1. The summed E-state index contributed by atoms with van der Waals surface area (Å²) in [6.07, 6.45) is 9.82. The molecule has 2 aliphatic carbocycles. The zero-order chi connectivity index (χ0) is 38.6. The van der Waals surface area contributed by atoms with Crippen LogP contribution in [0.4, 0.5) is 0 Å². The maximum absolute atomic E-state index is 14.9. The number of benzene rings is 1. The van der Waals surface area contributed by atoms with Crippen LogP contribution in [0.3, 0.4) is 0 Å². The maximum atomic E-state index is 14.9. The Morgan fingerprint density at radius 2 is 1.83 bits per heavy atom. The Morgan fingerprint density at radius 1 is 1.07 bits per heavy atom. The third-order valence-electron chi connectivity index (χ3n) is 11.2. The molecule has 292 valence electrons. The molecule has 4 amide bonds. The van der Waals surface area contributed by atoms with Crippen molar-refractivity contribution in [1.82, 2.24) is 36.3 Å². The van der Waals surface area contributed by atoms with Gasteiger partial charge in [0.25, 0.3) is 5.91 Å². The Hall–Kier alpha value is -4.33. The number of H-pyrrole nitrogens is 1. The highest BCUT2D eigenvalue weighted by atomic mass is 35.5. The largest absolute Gasteiger partial charge is 0.387 e. The van der Waals surface area contributed by atoms with Gasteiger partial charge in [0.1, 0.15) is 12.1 Å². The lowest BCUT2D eigenvalue weighted by Gasteiger charge is -2.37. The molecule has 1 aromatic carbocycles. The fourth-order valence-electron chi connectivity index (χ4n) is 8.04.